The molecule has 0 fully saturated rings. The molecule has 2 rings (SSSR count). The largest absolute Gasteiger partial charge is 0.401 e. The van der Waals surface area contributed by atoms with E-state index in [0.29, 0.717) is 29.1 Å². The molecule has 0 aliphatic heterocycles. The first kappa shape index (κ1) is 24.9. The van der Waals surface area contributed by atoms with Crippen molar-refractivity contribution in [1.29, 1.82) is 0 Å². The quantitative estimate of drug-likeness (QED) is 0.440. The summed E-state index contributed by atoms with van der Waals surface area (Å²) >= 11 is 0. The van der Waals surface area contributed by atoms with Gasteiger partial charge in [0.2, 0.25) is 0 Å². The molecule has 1 heterocycles. The Balaban J connectivity index is 2.49. The van der Waals surface area contributed by atoms with E-state index in [1.165, 1.54) is 18.3 Å². The number of rotatable bonds is 9. The number of aliphatic hydroxyl groups is 1. The topological polar surface area (TPSA) is 127 Å². The third-order valence-corrected chi connectivity index (χ3v) is 4.98. The van der Waals surface area contributed by atoms with Gasteiger partial charge in [-0.2, -0.15) is 0 Å². The van der Waals surface area contributed by atoms with Gasteiger partial charge in [-0.3, -0.25) is 9.78 Å². The summed E-state index contributed by atoms with van der Waals surface area (Å²) in [5.74, 6) is -2.37. The van der Waals surface area contributed by atoms with Crippen molar-refractivity contribution in [3.63, 3.8) is 0 Å². The maximum Gasteiger partial charge on any atom is 0.271 e. The number of nitrogens with two attached hydrogens (primary N) is 2. The van der Waals surface area contributed by atoms with E-state index in [1.54, 1.807) is 13.8 Å². The van der Waals surface area contributed by atoms with Gasteiger partial charge in [0, 0.05) is 23.9 Å². The van der Waals surface area contributed by atoms with Gasteiger partial charge in [0.1, 0.15) is 17.3 Å². The van der Waals surface area contributed by atoms with Crippen LogP contribution in [0.25, 0.3) is 5.70 Å². The van der Waals surface area contributed by atoms with Crippen LogP contribution < -0.4 is 16.8 Å². The van der Waals surface area contributed by atoms with Crippen LogP contribution in [-0.4, -0.2) is 34.1 Å². The summed E-state index contributed by atoms with van der Waals surface area (Å²) in [5, 5.41) is 11.4. The molecule has 7 nitrogen and oxygen atoms in total. The standard InChI is InChI=1S/C23H29F2N5O2/c1-4-6-15(22-14(3)29-12-19(30-22)23(32)28-9-10-31)21(27)13(2)11-18(26)20-16(24)7-5-8-17(20)25/h5,7-8,11-12,15,31H,4,6,9-10,26-27H2,1-3H3,(H,28,32)/b18-11-,21-13-. The van der Waals surface area contributed by atoms with Gasteiger partial charge >= 0.3 is 0 Å². The Morgan fingerprint density at radius 1 is 1.28 bits per heavy atom. The highest BCUT2D eigenvalue weighted by atomic mass is 19.1. The highest BCUT2D eigenvalue weighted by Gasteiger charge is 2.22. The van der Waals surface area contributed by atoms with Crippen LogP contribution in [0.2, 0.25) is 0 Å². The molecule has 0 aliphatic carbocycles. The summed E-state index contributed by atoms with van der Waals surface area (Å²) in [4.78, 5) is 21.0. The van der Waals surface area contributed by atoms with E-state index in [0.717, 1.165) is 18.6 Å². The van der Waals surface area contributed by atoms with E-state index >= 15 is 0 Å². The Bertz CT molecular complexity index is 1020. The summed E-state index contributed by atoms with van der Waals surface area (Å²) < 4.78 is 28.2. The van der Waals surface area contributed by atoms with Gasteiger partial charge < -0.3 is 21.9 Å². The lowest BCUT2D eigenvalue weighted by atomic mass is 9.91. The van der Waals surface area contributed by atoms with Crippen molar-refractivity contribution < 1.29 is 18.7 Å². The van der Waals surface area contributed by atoms with Crippen LogP contribution in [0.5, 0.6) is 0 Å². The molecule has 0 aliphatic rings. The van der Waals surface area contributed by atoms with Crippen molar-refractivity contribution in [2.75, 3.05) is 13.2 Å². The number of hydrogen-bond acceptors (Lipinski definition) is 6. The summed E-state index contributed by atoms with van der Waals surface area (Å²) in [5.41, 5.74) is 14.2. The van der Waals surface area contributed by atoms with E-state index < -0.39 is 17.5 Å². The minimum Gasteiger partial charge on any atom is -0.401 e. The number of halogens is 2. The number of aliphatic hydroxyl groups excluding tert-OH is 1. The molecule has 0 radical (unpaired) electrons. The lowest BCUT2D eigenvalue weighted by Gasteiger charge is -2.20. The summed E-state index contributed by atoms with van der Waals surface area (Å²) in [7, 11) is 0. The Labute approximate surface area is 186 Å². The van der Waals surface area contributed by atoms with Crippen LogP contribution >= 0.6 is 0 Å². The Morgan fingerprint density at radius 3 is 2.53 bits per heavy atom. The lowest BCUT2D eigenvalue weighted by Crippen LogP contribution is -2.28. The zero-order valence-electron chi connectivity index (χ0n) is 18.5. The molecule has 1 amide bonds. The Hall–Kier alpha value is -3.33. The van der Waals surface area contributed by atoms with Crippen molar-refractivity contribution >= 4 is 11.6 Å². The third-order valence-electron chi connectivity index (χ3n) is 4.98. The zero-order valence-corrected chi connectivity index (χ0v) is 18.5. The van der Waals surface area contributed by atoms with Gasteiger partial charge in [-0.05, 0) is 44.1 Å². The normalized spacial score (nSPS) is 13.5. The van der Waals surface area contributed by atoms with Crippen molar-refractivity contribution in [3.05, 3.63) is 76.0 Å². The molecule has 0 spiro atoms. The number of aryl methyl sites for hydroxylation is 1. The van der Waals surface area contributed by atoms with Gasteiger partial charge in [0.15, 0.2) is 0 Å². The van der Waals surface area contributed by atoms with E-state index in [1.807, 2.05) is 6.92 Å². The number of hydrogen-bond donors (Lipinski definition) is 4. The van der Waals surface area contributed by atoms with E-state index in [-0.39, 0.29) is 36.0 Å². The van der Waals surface area contributed by atoms with E-state index in [9.17, 15) is 13.6 Å². The second-order valence-electron chi connectivity index (χ2n) is 7.38. The van der Waals surface area contributed by atoms with Crippen LogP contribution in [0.15, 0.2) is 41.7 Å². The van der Waals surface area contributed by atoms with Crippen LogP contribution in [0.1, 0.15) is 60.0 Å². The van der Waals surface area contributed by atoms with Crippen LogP contribution in [0.3, 0.4) is 0 Å². The smallest absolute Gasteiger partial charge is 0.271 e. The number of nitrogens with zero attached hydrogens (tertiary/aromatic N) is 2. The zero-order chi connectivity index (χ0) is 23.8. The summed E-state index contributed by atoms with van der Waals surface area (Å²) in [6, 6.07) is 3.53. The second-order valence-corrected chi connectivity index (χ2v) is 7.38. The number of aromatic nitrogens is 2. The predicted octanol–water partition coefficient (Wildman–Crippen LogP) is 2.90. The molecule has 2 aromatic rings. The molecule has 1 unspecified atom stereocenters. The van der Waals surface area contributed by atoms with Gasteiger partial charge in [-0.1, -0.05) is 19.4 Å². The SMILES string of the molecule is CCCC(/C(N)=C(C)/C=C(\N)c1c(F)cccc1F)c1nc(C(=O)NCCO)cnc1C. The van der Waals surface area contributed by atoms with Crippen molar-refractivity contribution in [1.82, 2.24) is 15.3 Å². The molecule has 0 bridgehead atoms. The fraction of sp³-hybridized carbons (Fsp3) is 0.348. The fourth-order valence-corrected chi connectivity index (χ4v) is 3.33. The highest BCUT2D eigenvalue weighted by molar-refractivity contribution is 5.92. The Kier molecular flexibility index (Phi) is 8.83. The minimum absolute atomic E-state index is 0.0868. The average Bonchev–Trinajstić information content (AvgIpc) is 2.75. The van der Waals surface area contributed by atoms with Crippen molar-refractivity contribution in [2.45, 2.75) is 39.5 Å². The van der Waals surface area contributed by atoms with E-state index in [4.69, 9.17) is 16.6 Å². The number of carbonyl (C=O) groups excluding carboxylic acids is 1. The molecule has 0 saturated carbocycles. The van der Waals surface area contributed by atoms with Gasteiger partial charge in [-0.25, -0.2) is 13.8 Å². The number of benzene rings is 1. The molecule has 1 atom stereocenters. The summed E-state index contributed by atoms with van der Waals surface area (Å²) in [6.45, 7) is 5.35. The maximum atomic E-state index is 14.1. The van der Waals surface area contributed by atoms with Crippen LogP contribution in [0, 0.1) is 18.6 Å². The lowest BCUT2D eigenvalue weighted by molar-refractivity contribution is 0.0939. The van der Waals surface area contributed by atoms with Gasteiger partial charge in [0.25, 0.3) is 5.91 Å². The molecule has 172 valence electrons. The average molecular weight is 446 g/mol. The third kappa shape index (κ3) is 5.88. The second kappa shape index (κ2) is 11.3. The molecular formula is C23H29F2N5O2. The van der Waals surface area contributed by atoms with Crippen molar-refractivity contribution in [2.24, 2.45) is 11.5 Å². The molecule has 0 saturated heterocycles. The Morgan fingerprint density at radius 2 is 1.94 bits per heavy atom. The molecule has 6 N–H and O–H groups in total. The molecule has 1 aromatic heterocycles. The molecule has 9 heteroatoms. The molecule has 1 aromatic carbocycles. The number of allylic oxidation sites excluding steroid dienone is 3. The van der Waals surface area contributed by atoms with Gasteiger partial charge in [0.05, 0.1) is 29.8 Å². The van der Waals surface area contributed by atoms with Crippen LogP contribution in [-0.2, 0) is 0 Å². The molecular weight excluding hydrogens is 416 g/mol. The minimum atomic E-state index is -0.765. The maximum absolute atomic E-state index is 14.1. The fourth-order valence-electron chi connectivity index (χ4n) is 3.33. The number of nitrogens with one attached hydrogen (secondary N) is 1. The first-order chi connectivity index (χ1) is 15.2. The molecule has 32 heavy (non-hydrogen) atoms. The highest BCUT2D eigenvalue weighted by Crippen LogP contribution is 2.30. The monoisotopic (exact) mass is 445 g/mol. The van der Waals surface area contributed by atoms with E-state index in [2.05, 4.69) is 15.3 Å². The predicted molar refractivity (Wildman–Crippen MR) is 119 cm³/mol. The van der Waals surface area contributed by atoms with Crippen LogP contribution in [0.4, 0.5) is 8.78 Å². The number of carbonyl (C=O) groups is 1. The number of amides is 1. The summed E-state index contributed by atoms with van der Waals surface area (Å²) in [6.07, 6.45) is 4.17. The first-order valence-corrected chi connectivity index (χ1v) is 10.3. The first-order valence-electron chi connectivity index (χ1n) is 10.3. The van der Waals surface area contributed by atoms with Gasteiger partial charge in [-0.15, -0.1) is 0 Å². The van der Waals surface area contributed by atoms with Crippen molar-refractivity contribution in [3.8, 4) is 0 Å².